The number of carbonyl (C=O) groups excluding carboxylic acids is 1. The van der Waals surface area contributed by atoms with Gasteiger partial charge in [0.2, 0.25) is 10.1 Å². The molecule has 1 aromatic carbocycles. The van der Waals surface area contributed by atoms with E-state index in [1.165, 1.54) is 37.4 Å². The number of carbonyl (C=O) groups is 1. The van der Waals surface area contributed by atoms with Crippen LogP contribution in [0, 0.1) is 21.4 Å². The van der Waals surface area contributed by atoms with Crippen LogP contribution in [0.2, 0.25) is 0 Å². The van der Waals surface area contributed by atoms with Crippen molar-refractivity contribution in [2.45, 2.75) is 6.18 Å². The van der Waals surface area contributed by atoms with Gasteiger partial charge in [-0.15, -0.1) is 10.2 Å². The molecule has 10 nitrogen and oxygen atoms in total. The number of hydrogen-bond donors (Lipinski definition) is 1. The third-order valence-corrected chi connectivity index (χ3v) is 4.72. The number of nitro groups is 1. The fourth-order valence-electron chi connectivity index (χ4n) is 2.42. The molecule has 2 heterocycles. The molecular formula is C18H10F3N5O5S. The summed E-state index contributed by atoms with van der Waals surface area (Å²) >= 11 is 0.0977. The number of ether oxygens (including phenoxy) is 1. The lowest BCUT2D eigenvalue weighted by Crippen LogP contribution is -2.13. The van der Waals surface area contributed by atoms with Crippen molar-refractivity contribution in [3.05, 3.63) is 56.8 Å². The topological polar surface area (TPSA) is 144 Å². The molecule has 0 aliphatic carbocycles. The number of halogens is 3. The fraction of sp³-hybridized carbons (Fsp3) is 0.111. The standard InChI is InChI=1S/C18H10F3N5O5S/c1-30-10-2-4-12(13(7-10)26(28)29)14-5-3-11(31-14)6-9(8-22)15(27)23-17-25-24-16(32-17)18(19,20)21/h2-7H,1H3,(H,23,25,27)/b9-6-. The maximum atomic E-state index is 12.6. The summed E-state index contributed by atoms with van der Waals surface area (Å²) in [5.41, 5.74) is -0.657. The third-order valence-electron chi connectivity index (χ3n) is 3.83. The SMILES string of the molecule is COc1ccc(-c2ccc(/C=C(/C#N)C(=O)Nc3nnc(C(F)(F)F)s3)o2)c([N+](=O)[O-])c1. The summed E-state index contributed by atoms with van der Waals surface area (Å²) in [7, 11) is 1.36. The lowest BCUT2D eigenvalue weighted by molar-refractivity contribution is -0.384. The van der Waals surface area contributed by atoms with Crippen LogP contribution in [-0.2, 0) is 11.0 Å². The maximum Gasteiger partial charge on any atom is 0.445 e. The Hall–Kier alpha value is -4.25. The molecule has 0 atom stereocenters. The van der Waals surface area contributed by atoms with E-state index in [2.05, 4.69) is 15.5 Å². The second-order valence-corrected chi connectivity index (χ2v) is 6.85. The number of nitro benzene ring substituents is 1. The van der Waals surface area contributed by atoms with Gasteiger partial charge in [0.1, 0.15) is 28.9 Å². The van der Waals surface area contributed by atoms with E-state index in [0.717, 1.165) is 6.08 Å². The first kappa shape index (κ1) is 22.4. The molecule has 0 fully saturated rings. The Kier molecular flexibility index (Phi) is 6.21. The van der Waals surface area contributed by atoms with Crippen molar-refractivity contribution in [2.24, 2.45) is 0 Å². The molecule has 0 radical (unpaired) electrons. The lowest BCUT2D eigenvalue weighted by atomic mass is 10.1. The summed E-state index contributed by atoms with van der Waals surface area (Å²) in [6, 6.07) is 8.47. The fourth-order valence-corrected chi connectivity index (χ4v) is 3.02. The number of nitrogens with one attached hydrogen (secondary N) is 1. The molecule has 1 amide bonds. The van der Waals surface area contributed by atoms with Gasteiger partial charge in [0, 0.05) is 6.08 Å². The molecule has 0 spiro atoms. The Morgan fingerprint density at radius 3 is 2.69 bits per heavy atom. The number of methoxy groups -OCH3 is 1. The molecule has 0 aliphatic rings. The van der Waals surface area contributed by atoms with Crippen LogP contribution in [0.5, 0.6) is 5.75 Å². The minimum atomic E-state index is -4.72. The highest BCUT2D eigenvalue weighted by Gasteiger charge is 2.36. The summed E-state index contributed by atoms with van der Waals surface area (Å²) in [5, 5.41) is 27.1. The Balaban J connectivity index is 1.84. The van der Waals surface area contributed by atoms with Crippen molar-refractivity contribution in [3.63, 3.8) is 0 Å². The molecule has 0 aliphatic heterocycles. The van der Waals surface area contributed by atoms with Crippen LogP contribution < -0.4 is 10.1 Å². The van der Waals surface area contributed by atoms with Crippen LogP contribution in [0.4, 0.5) is 24.0 Å². The van der Waals surface area contributed by atoms with Gasteiger partial charge in [0.05, 0.1) is 23.7 Å². The zero-order chi connectivity index (χ0) is 23.5. The van der Waals surface area contributed by atoms with Crippen LogP contribution in [0.25, 0.3) is 17.4 Å². The molecule has 14 heteroatoms. The average molecular weight is 465 g/mol. The number of rotatable bonds is 6. The van der Waals surface area contributed by atoms with E-state index in [9.17, 15) is 33.3 Å². The Morgan fingerprint density at radius 1 is 1.34 bits per heavy atom. The van der Waals surface area contributed by atoms with Gasteiger partial charge in [0.15, 0.2) is 0 Å². The molecule has 0 saturated carbocycles. The smallest absolute Gasteiger partial charge is 0.445 e. The summed E-state index contributed by atoms with van der Waals surface area (Å²) in [5.74, 6) is -0.682. The maximum absolute atomic E-state index is 12.6. The van der Waals surface area contributed by atoms with Gasteiger partial charge < -0.3 is 9.15 Å². The molecule has 3 aromatic rings. The average Bonchev–Trinajstić information content (AvgIpc) is 3.40. The van der Waals surface area contributed by atoms with Gasteiger partial charge in [0.25, 0.3) is 11.6 Å². The lowest BCUT2D eigenvalue weighted by Gasteiger charge is -2.03. The number of nitriles is 1. The molecule has 164 valence electrons. The molecule has 2 aromatic heterocycles. The van der Waals surface area contributed by atoms with E-state index in [-0.39, 0.29) is 39.9 Å². The first-order valence-corrected chi connectivity index (χ1v) is 9.20. The number of nitrogens with zero attached hydrogens (tertiary/aromatic N) is 4. The van der Waals surface area contributed by atoms with Crippen LogP contribution in [0.1, 0.15) is 10.8 Å². The summed E-state index contributed by atoms with van der Waals surface area (Å²) in [6.45, 7) is 0. The van der Waals surface area contributed by atoms with E-state index in [1.54, 1.807) is 6.07 Å². The highest BCUT2D eigenvalue weighted by Crippen LogP contribution is 2.35. The van der Waals surface area contributed by atoms with Crippen molar-refractivity contribution in [3.8, 4) is 23.1 Å². The van der Waals surface area contributed by atoms with Gasteiger partial charge in [-0.1, -0.05) is 11.3 Å². The summed E-state index contributed by atoms with van der Waals surface area (Å²) in [6.07, 6.45) is -3.69. The molecule has 0 unspecified atom stereocenters. The molecule has 0 saturated heterocycles. The quantitative estimate of drug-likeness (QED) is 0.246. The summed E-state index contributed by atoms with van der Waals surface area (Å²) in [4.78, 5) is 22.9. The Labute approximate surface area is 180 Å². The van der Waals surface area contributed by atoms with E-state index in [1.807, 2.05) is 0 Å². The van der Waals surface area contributed by atoms with Crippen LogP contribution in [0.3, 0.4) is 0 Å². The van der Waals surface area contributed by atoms with E-state index < -0.39 is 32.7 Å². The second kappa shape index (κ2) is 8.86. The molecule has 0 bridgehead atoms. The van der Waals surface area contributed by atoms with E-state index >= 15 is 0 Å². The van der Waals surface area contributed by atoms with Crippen molar-refractivity contribution in [1.82, 2.24) is 10.2 Å². The highest BCUT2D eigenvalue weighted by molar-refractivity contribution is 7.15. The molecule has 32 heavy (non-hydrogen) atoms. The van der Waals surface area contributed by atoms with E-state index in [4.69, 9.17) is 9.15 Å². The predicted molar refractivity (Wildman–Crippen MR) is 104 cm³/mol. The first-order valence-electron chi connectivity index (χ1n) is 8.39. The minimum absolute atomic E-state index is 0.00469. The van der Waals surface area contributed by atoms with Gasteiger partial charge in [-0.3, -0.25) is 20.2 Å². The number of anilines is 1. The van der Waals surface area contributed by atoms with Gasteiger partial charge in [-0.25, -0.2) is 0 Å². The van der Waals surface area contributed by atoms with E-state index in [0.29, 0.717) is 0 Å². The van der Waals surface area contributed by atoms with Gasteiger partial charge in [-0.05, 0) is 24.3 Å². The predicted octanol–water partition coefficient (Wildman–Crippen LogP) is 4.28. The largest absolute Gasteiger partial charge is 0.497 e. The number of furan rings is 1. The third kappa shape index (κ3) is 4.90. The normalized spacial score (nSPS) is 11.7. The van der Waals surface area contributed by atoms with Gasteiger partial charge in [-0.2, -0.15) is 18.4 Å². The van der Waals surface area contributed by atoms with Crippen LogP contribution >= 0.6 is 11.3 Å². The van der Waals surface area contributed by atoms with Crippen molar-refractivity contribution in [2.75, 3.05) is 12.4 Å². The van der Waals surface area contributed by atoms with Crippen LogP contribution in [0.15, 0.2) is 40.3 Å². The summed E-state index contributed by atoms with van der Waals surface area (Å²) < 4.78 is 48.2. The number of aromatic nitrogens is 2. The molecule has 1 N–H and O–H groups in total. The minimum Gasteiger partial charge on any atom is -0.497 e. The second-order valence-electron chi connectivity index (χ2n) is 5.88. The van der Waals surface area contributed by atoms with Gasteiger partial charge >= 0.3 is 6.18 Å². The zero-order valence-electron chi connectivity index (χ0n) is 15.8. The number of alkyl halides is 3. The molecule has 3 rings (SSSR count). The highest BCUT2D eigenvalue weighted by atomic mass is 32.1. The number of amides is 1. The Morgan fingerprint density at radius 2 is 2.09 bits per heavy atom. The zero-order valence-corrected chi connectivity index (χ0v) is 16.7. The van der Waals surface area contributed by atoms with Crippen molar-refractivity contribution < 1.29 is 32.0 Å². The monoisotopic (exact) mass is 465 g/mol. The number of hydrogen-bond acceptors (Lipinski definition) is 9. The Bertz CT molecular complexity index is 1260. The van der Waals surface area contributed by atoms with Crippen molar-refractivity contribution in [1.29, 1.82) is 5.26 Å². The first-order chi connectivity index (χ1) is 15.1. The number of benzene rings is 1. The van der Waals surface area contributed by atoms with Crippen molar-refractivity contribution >= 4 is 34.1 Å². The molecular weight excluding hydrogens is 455 g/mol. The van der Waals surface area contributed by atoms with Crippen LogP contribution in [-0.4, -0.2) is 28.1 Å².